The Hall–Kier alpha value is -0.140. The van der Waals surface area contributed by atoms with Gasteiger partial charge in [-0.15, -0.1) is 0 Å². The van der Waals surface area contributed by atoms with Crippen LogP contribution in [0, 0.1) is 5.92 Å². The number of sulfonamides is 1. The molecule has 1 atom stereocenters. The number of benzene rings is 1. The largest absolute Gasteiger partial charge is 0.381 e. The van der Waals surface area contributed by atoms with Crippen LogP contribution in [0.2, 0.25) is 5.02 Å². The Morgan fingerprint density at radius 1 is 1.50 bits per heavy atom. The van der Waals surface area contributed by atoms with E-state index in [1.165, 1.54) is 6.07 Å². The SMILES string of the molecule is O=S(=O)(NCC1CCOC1)c1ccc(Br)cc1Cl. The molecule has 0 amide bonds. The van der Waals surface area contributed by atoms with Gasteiger partial charge in [-0.25, -0.2) is 13.1 Å². The van der Waals surface area contributed by atoms with Crippen LogP contribution in [0.1, 0.15) is 6.42 Å². The van der Waals surface area contributed by atoms with Gasteiger partial charge in [0.1, 0.15) is 4.90 Å². The van der Waals surface area contributed by atoms with Crippen molar-refractivity contribution in [3.8, 4) is 0 Å². The maximum Gasteiger partial charge on any atom is 0.242 e. The monoisotopic (exact) mass is 353 g/mol. The van der Waals surface area contributed by atoms with Gasteiger partial charge in [0.15, 0.2) is 0 Å². The smallest absolute Gasteiger partial charge is 0.242 e. The Morgan fingerprint density at radius 2 is 2.28 bits per heavy atom. The van der Waals surface area contributed by atoms with Crippen LogP contribution in [0.5, 0.6) is 0 Å². The first-order chi connectivity index (χ1) is 8.49. The van der Waals surface area contributed by atoms with Crippen LogP contribution in [0.4, 0.5) is 0 Å². The lowest BCUT2D eigenvalue weighted by Crippen LogP contribution is -2.29. The van der Waals surface area contributed by atoms with Gasteiger partial charge in [-0.3, -0.25) is 0 Å². The van der Waals surface area contributed by atoms with E-state index in [9.17, 15) is 8.42 Å². The van der Waals surface area contributed by atoms with E-state index in [0.29, 0.717) is 19.8 Å². The first-order valence-electron chi connectivity index (χ1n) is 5.51. The van der Waals surface area contributed by atoms with Crippen LogP contribution < -0.4 is 4.72 Å². The van der Waals surface area contributed by atoms with Crippen molar-refractivity contribution in [2.45, 2.75) is 11.3 Å². The molecule has 0 saturated carbocycles. The number of hydrogen-bond donors (Lipinski definition) is 1. The van der Waals surface area contributed by atoms with Crippen LogP contribution >= 0.6 is 27.5 Å². The van der Waals surface area contributed by atoms with Gasteiger partial charge in [-0.1, -0.05) is 27.5 Å². The van der Waals surface area contributed by atoms with Crippen molar-refractivity contribution in [3.05, 3.63) is 27.7 Å². The van der Waals surface area contributed by atoms with Gasteiger partial charge in [0.05, 0.1) is 11.6 Å². The van der Waals surface area contributed by atoms with Gasteiger partial charge in [0.25, 0.3) is 0 Å². The second kappa shape index (κ2) is 5.88. The predicted octanol–water partition coefficient (Wildman–Crippen LogP) is 2.42. The first kappa shape index (κ1) is 14.3. The van der Waals surface area contributed by atoms with Crippen molar-refractivity contribution in [2.75, 3.05) is 19.8 Å². The minimum atomic E-state index is -3.55. The molecule has 1 unspecified atom stereocenters. The minimum Gasteiger partial charge on any atom is -0.381 e. The van der Waals surface area contributed by atoms with Gasteiger partial charge < -0.3 is 4.74 Å². The highest BCUT2D eigenvalue weighted by atomic mass is 79.9. The summed E-state index contributed by atoms with van der Waals surface area (Å²) in [6.07, 6.45) is 0.886. The summed E-state index contributed by atoms with van der Waals surface area (Å²) in [7, 11) is -3.55. The fourth-order valence-electron chi connectivity index (χ4n) is 1.74. The molecule has 1 aromatic rings. The van der Waals surface area contributed by atoms with Crippen LogP contribution in [-0.2, 0) is 14.8 Å². The number of hydrogen-bond acceptors (Lipinski definition) is 3. The molecule has 1 heterocycles. The molecule has 1 aliphatic heterocycles. The van der Waals surface area contributed by atoms with Crippen LogP contribution in [0.25, 0.3) is 0 Å². The number of nitrogens with one attached hydrogen (secondary N) is 1. The lowest BCUT2D eigenvalue weighted by Gasteiger charge is -2.11. The topological polar surface area (TPSA) is 55.4 Å². The second-order valence-corrected chi connectivity index (χ2v) is 7.21. The molecular formula is C11H13BrClNO3S. The van der Waals surface area contributed by atoms with Crippen molar-refractivity contribution in [1.29, 1.82) is 0 Å². The highest BCUT2D eigenvalue weighted by Crippen LogP contribution is 2.25. The minimum absolute atomic E-state index is 0.103. The third-order valence-corrected chi connectivity index (χ3v) is 5.17. The lowest BCUT2D eigenvalue weighted by atomic mass is 10.1. The Kier molecular flexibility index (Phi) is 4.66. The van der Waals surface area contributed by atoms with E-state index < -0.39 is 10.0 Å². The molecule has 0 spiro atoms. The third-order valence-electron chi connectivity index (χ3n) is 2.77. The second-order valence-electron chi connectivity index (χ2n) is 4.16. The average molecular weight is 355 g/mol. The molecule has 1 saturated heterocycles. The van der Waals surface area contributed by atoms with Gasteiger partial charge in [0, 0.05) is 17.6 Å². The molecule has 1 aliphatic rings. The van der Waals surface area contributed by atoms with E-state index in [1.807, 2.05) is 0 Å². The zero-order chi connectivity index (χ0) is 13.2. The van der Waals surface area contributed by atoms with E-state index in [4.69, 9.17) is 16.3 Å². The number of ether oxygens (including phenoxy) is 1. The van der Waals surface area contributed by atoms with Crippen molar-refractivity contribution in [2.24, 2.45) is 5.92 Å². The van der Waals surface area contributed by atoms with Gasteiger partial charge in [-0.05, 0) is 30.5 Å². The summed E-state index contributed by atoms with van der Waals surface area (Å²) >= 11 is 9.18. The first-order valence-corrected chi connectivity index (χ1v) is 8.17. The molecule has 0 aliphatic carbocycles. The summed E-state index contributed by atoms with van der Waals surface area (Å²) in [5.74, 6) is 0.244. The molecule has 18 heavy (non-hydrogen) atoms. The Balaban J connectivity index is 2.09. The maximum atomic E-state index is 12.1. The normalized spacial score (nSPS) is 20.2. The zero-order valence-electron chi connectivity index (χ0n) is 9.53. The number of rotatable bonds is 4. The molecule has 1 N–H and O–H groups in total. The Bertz CT molecular complexity index is 529. The number of halogens is 2. The molecule has 1 aromatic carbocycles. The van der Waals surface area contributed by atoms with E-state index in [-0.39, 0.29) is 15.8 Å². The molecule has 0 aromatic heterocycles. The van der Waals surface area contributed by atoms with Crippen LogP contribution in [0.3, 0.4) is 0 Å². The van der Waals surface area contributed by atoms with E-state index >= 15 is 0 Å². The fourth-order valence-corrected chi connectivity index (χ4v) is 3.89. The standard InChI is InChI=1S/C11H13BrClNO3S/c12-9-1-2-11(10(13)5-9)18(15,16)14-6-8-3-4-17-7-8/h1-2,5,8,14H,3-4,6-7H2. The fraction of sp³-hybridized carbons (Fsp3) is 0.455. The van der Waals surface area contributed by atoms with E-state index in [1.54, 1.807) is 12.1 Å². The van der Waals surface area contributed by atoms with Gasteiger partial charge in [-0.2, -0.15) is 0 Å². The van der Waals surface area contributed by atoms with Crippen molar-refractivity contribution in [1.82, 2.24) is 4.72 Å². The van der Waals surface area contributed by atoms with Crippen molar-refractivity contribution < 1.29 is 13.2 Å². The molecule has 100 valence electrons. The molecule has 7 heteroatoms. The van der Waals surface area contributed by atoms with E-state index in [0.717, 1.165) is 10.9 Å². The van der Waals surface area contributed by atoms with Crippen molar-refractivity contribution >= 4 is 37.6 Å². The summed E-state index contributed by atoms with van der Waals surface area (Å²) in [6, 6.07) is 4.70. The molecule has 0 radical (unpaired) electrons. The van der Waals surface area contributed by atoms with Crippen molar-refractivity contribution in [3.63, 3.8) is 0 Å². The molecule has 1 fully saturated rings. The third kappa shape index (κ3) is 3.45. The zero-order valence-corrected chi connectivity index (χ0v) is 12.7. The molecule has 0 bridgehead atoms. The highest BCUT2D eigenvalue weighted by Gasteiger charge is 2.21. The van der Waals surface area contributed by atoms with Gasteiger partial charge in [0.2, 0.25) is 10.0 Å². The molecule has 2 rings (SSSR count). The lowest BCUT2D eigenvalue weighted by molar-refractivity contribution is 0.186. The molecular weight excluding hydrogens is 342 g/mol. The Morgan fingerprint density at radius 3 is 2.89 bits per heavy atom. The summed E-state index contributed by atoms with van der Waals surface area (Å²) in [4.78, 5) is 0.103. The summed E-state index contributed by atoms with van der Waals surface area (Å²) in [5.41, 5.74) is 0. The summed E-state index contributed by atoms with van der Waals surface area (Å²) in [6.45, 7) is 1.69. The highest BCUT2D eigenvalue weighted by molar-refractivity contribution is 9.10. The average Bonchev–Trinajstić information content (AvgIpc) is 2.78. The quantitative estimate of drug-likeness (QED) is 0.903. The maximum absolute atomic E-state index is 12.1. The summed E-state index contributed by atoms with van der Waals surface area (Å²) < 4.78 is 32.7. The summed E-state index contributed by atoms with van der Waals surface area (Å²) in [5, 5.41) is 0.208. The molecule has 4 nitrogen and oxygen atoms in total. The predicted molar refractivity (Wildman–Crippen MR) is 73.3 cm³/mol. The van der Waals surface area contributed by atoms with E-state index in [2.05, 4.69) is 20.7 Å². The Labute approximate surface area is 120 Å². The van der Waals surface area contributed by atoms with Gasteiger partial charge >= 0.3 is 0 Å². The van der Waals surface area contributed by atoms with Crippen LogP contribution in [-0.4, -0.2) is 28.2 Å². The van der Waals surface area contributed by atoms with Crippen LogP contribution in [0.15, 0.2) is 27.6 Å².